The highest BCUT2D eigenvalue weighted by atomic mass is 19.1. The molecule has 17 heavy (non-hydrogen) atoms. The summed E-state index contributed by atoms with van der Waals surface area (Å²) in [5.41, 5.74) is 0.179. The molecule has 0 aliphatic heterocycles. The zero-order chi connectivity index (χ0) is 12.4. The summed E-state index contributed by atoms with van der Waals surface area (Å²) in [5, 5.41) is 3.20. The van der Waals surface area contributed by atoms with E-state index in [1.54, 1.807) is 7.05 Å². The van der Waals surface area contributed by atoms with Gasteiger partial charge in [-0.05, 0) is 37.0 Å². The maximum absolute atomic E-state index is 13.5. The van der Waals surface area contributed by atoms with E-state index in [1.807, 2.05) is 0 Å². The van der Waals surface area contributed by atoms with Crippen LogP contribution in [0.4, 0.5) is 8.78 Å². The van der Waals surface area contributed by atoms with E-state index in [-0.39, 0.29) is 5.39 Å². The van der Waals surface area contributed by atoms with Crippen molar-refractivity contribution >= 4 is 10.8 Å². The molecule has 0 unspecified atom stereocenters. The normalized spacial score (nSPS) is 11.0. The third-order valence-corrected chi connectivity index (χ3v) is 2.65. The van der Waals surface area contributed by atoms with Gasteiger partial charge < -0.3 is 10.3 Å². The second-order valence-electron chi connectivity index (χ2n) is 3.81. The van der Waals surface area contributed by atoms with Crippen LogP contribution in [0.25, 0.3) is 10.8 Å². The molecule has 2 N–H and O–H groups in total. The van der Waals surface area contributed by atoms with Gasteiger partial charge in [-0.1, -0.05) is 0 Å². The predicted octanol–water partition coefficient (Wildman–Crippen LogP) is 1.57. The first-order chi connectivity index (χ1) is 8.13. The van der Waals surface area contributed by atoms with E-state index in [0.717, 1.165) is 6.07 Å². The minimum atomic E-state index is -0.826. The van der Waals surface area contributed by atoms with Gasteiger partial charge in [0.1, 0.15) is 11.6 Å². The largest absolute Gasteiger partial charge is 0.328 e. The van der Waals surface area contributed by atoms with Crippen LogP contribution in [0.1, 0.15) is 5.56 Å². The molecule has 2 rings (SSSR count). The Labute approximate surface area is 96.5 Å². The third-order valence-electron chi connectivity index (χ3n) is 2.65. The average molecular weight is 238 g/mol. The van der Waals surface area contributed by atoms with Crippen molar-refractivity contribution in [2.75, 3.05) is 13.6 Å². The van der Waals surface area contributed by atoms with Gasteiger partial charge in [0.2, 0.25) is 0 Å². The van der Waals surface area contributed by atoms with Crippen molar-refractivity contribution in [1.82, 2.24) is 10.3 Å². The zero-order valence-electron chi connectivity index (χ0n) is 9.31. The monoisotopic (exact) mass is 238 g/mol. The van der Waals surface area contributed by atoms with Gasteiger partial charge >= 0.3 is 0 Å². The van der Waals surface area contributed by atoms with Crippen LogP contribution in [0, 0.1) is 11.6 Å². The Hall–Kier alpha value is -1.75. The van der Waals surface area contributed by atoms with Crippen molar-refractivity contribution < 1.29 is 8.78 Å². The molecule has 0 atom stereocenters. The first-order valence-electron chi connectivity index (χ1n) is 5.27. The lowest BCUT2D eigenvalue weighted by Gasteiger charge is -2.06. The Morgan fingerprint density at radius 1 is 1.35 bits per heavy atom. The number of H-pyrrole nitrogens is 1. The van der Waals surface area contributed by atoms with Crippen molar-refractivity contribution in [2.24, 2.45) is 0 Å². The Morgan fingerprint density at radius 2 is 2.12 bits per heavy atom. The maximum atomic E-state index is 13.5. The van der Waals surface area contributed by atoms with Crippen molar-refractivity contribution in [1.29, 1.82) is 0 Å². The van der Waals surface area contributed by atoms with Gasteiger partial charge in [0.15, 0.2) is 0 Å². The van der Waals surface area contributed by atoms with Crippen LogP contribution < -0.4 is 10.9 Å². The van der Waals surface area contributed by atoms with Gasteiger partial charge in [0, 0.05) is 12.3 Å². The van der Waals surface area contributed by atoms with E-state index in [0.29, 0.717) is 23.9 Å². The van der Waals surface area contributed by atoms with Crippen LogP contribution in [0.3, 0.4) is 0 Å². The minimum absolute atomic E-state index is 0.0833. The second-order valence-corrected chi connectivity index (χ2v) is 3.81. The minimum Gasteiger partial charge on any atom is -0.328 e. The van der Waals surface area contributed by atoms with Gasteiger partial charge in [0.25, 0.3) is 5.56 Å². The molecule has 0 saturated carbocycles. The number of benzene rings is 1. The topological polar surface area (TPSA) is 44.9 Å². The van der Waals surface area contributed by atoms with E-state index in [1.165, 1.54) is 12.3 Å². The lowest BCUT2D eigenvalue weighted by molar-refractivity contribution is 0.591. The molecule has 5 heteroatoms. The van der Waals surface area contributed by atoms with E-state index in [4.69, 9.17) is 0 Å². The first kappa shape index (κ1) is 11.7. The van der Waals surface area contributed by atoms with Gasteiger partial charge in [0.05, 0.1) is 5.39 Å². The highest BCUT2D eigenvalue weighted by molar-refractivity contribution is 5.85. The molecule has 1 aromatic carbocycles. The quantitative estimate of drug-likeness (QED) is 0.852. The van der Waals surface area contributed by atoms with Crippen LogP contribution in [-0.4, -0.2) is 18.6 Å². The zero-order valence-corrected chi connectivity index (χ0v) is 9.31. The number of hydrogen-bond donors (Lipinski definition) is 2. The molecule has 90 valence electrons. The number of aromatic amines is 1. The molecule has 0 radical (unpaired) electrons. The second kappa shape index (κ2) is 4.63. The lowest BCUT2D eigenvalue weighted by Crippen LogP contribution is -2.14. The number of aromatic nitrogens is 1. The Kier molecular flexibility index (Phi) is 3.19. The summed E-state index contributed by atoms with van der Waals surface area (Å²) in [6.45, 7) is 0.666. The highest BCUT2D eigenvalue weighted by Gasteiger charge is 2.11. The number of rotatable bonds is 3. The highest BCUT2D eigenvalue weighted by Crippen LogP contribution is 2.19. The standard InChI is InChI=1S/C12H12F2N2O/c1-15-3-2-7-6-16-12(17)11-9(7)4-8(13)5-10(11)14/h4-6,15H,2-3H2,1H3,(H,16,17). The number of hydrogen-bond acceptors (Lipinski definition) is 2. The maximum Gasteiger partial charge on any atom is 0.258 e. The molecule has 0 aliphatic rings. The van der Waals surface area contributed by atoms with Crippen LogP contribution in [0.15, 0.2) is 23.1 Å². The van der Waals surface area contributed by atoms with E-state index >= 15 is 0 Å². The van der Waals surface area contributed by atoms with E-state index in [9.17, 15) is 13.6 Å². The summed E-state index contributed by atoms with van der Waals surface area (Å²) in [6.07, 6.45) is 2.09. The van der Waals surface area contributed by atoms with Gasteiger partial charge in [-0.3, -0.25) is 4.79 Å². The number of halogens is 2. The smallest absolute Gasteiger partial charge is 0.258 e. The van der Waals surface area contributed by atoms with Crippen LogP contribution >= 0.6 is 0 Å². The van der Waals surface area contributed by atoms with Crippen molar-refractivity contribution in [3.05, 3.63) is 45.9 Å². The van der Waals surface area contributed by atoms with Gasteiger partial charge in [-0.25, -0.2) is 8.78 Å². The molecule has 2 aromatic rings. The van der Waals surface area contributed by atoms with Crippen molar-refractivity contribution in [2.45, 2.75) is 6.42 Å². The fourth-order valence-electron chi connectivity index (χ4n) is 1.83. The first-order valence-corrected chi connectivity index (χ1v) is 5.27. The molecule has 0 saturated heterocycles. The van der Waals surface area contributed by atoms with E-state index < -0.39 is 17.2 Å². The summed E-state index contributed by atoms with van der Waals surface area (Å²) in [5.74, 6) is -1.50. The summed E-state index contributed by atoms with van der Waals surface area (Å²) in [7, 11) is 1.79. The molecule has 0 spiro atoms. The Balaban J connectivity index is 2.70. The SMILES string of the molecule is CNCCc1c[nH]c(=O)c2c(F)cc(F)cc12. The number of fused-ring (bicyclic) bond motifs is 1. The van der Waals surface area contributed by atoms with Crippen LogP contribution in [0.2, 0.25) is 0 Å². The fourth-order valence-corrected chi connectivity index (χ4v) is 1.83. The molecule has 0 amide bonds. The predicted molar refractivity (Wildman–Crippen MR) is 62.1 cm³/mol. The summed E-state index contributed by atoms with van der Waals surface area (Å²) >= 11 is 0. The summed E-state index contributed by atoms with van der Waals surface area (Å²) in [6, 6.07) is 1.91. The third kappa shape index (κ3) is 2.19. The van der Waals surface area contributed by atoms with Gasteiger partial charge in [-0.15, -0.1) is 0 Å². The van der Waals surface area contributed by atoms with Gasteiger partial charge in [-0.2, -0.15) is 0 Å². The fraction of sp³-hybridized carbons (Fsp3) is 0.250. The van der Waals surface area contributed by atoms with Crippen molar-refractivity contribution in [3.63, 3.8) is 0 Å². The summed E-state index contributed by atoms with van der Waals surface area (Å²) in [4.78, 5) is 14.0. The summed E-state index contributed by atoms with van der Waals surface area (Å²) < 4.78 is 26.7. The molecule has 0 bridgehead atoms. The molecule has 0 fully saturated rings. The van der Waals surface area contributed by atoms with E-state index in [2.05, 4.69) is 10.3 Å². The van der Waals surface area contributed by atoms with Crippen LogP contribution in [0.5, 0.6) is 0 Å². The van der Waals surface area contributed by atoms with Crippen molar-refractivity contribution in [3.8, 4) is 0 Å². The number of likely N-dealkylation sites (N-methyl/N-ethyl adjacent to an activating group) is 1. The molecular formula is C12H12F2N2O. The Bertz CT molecular complexity index is 607. The lowest BCUT2D eigenvalue weighted by atomic mass is 10.0. The number of pyridine rings is 1. The molecule has 0 aliphatic carbocycles. The average Bonchev–Trinajstić information content (AvgIpc) is 2.27. The molecule has 1 heterocycles. The van der Waals surface area contributed by atoms with Crippen LogP contribution in [-0.2, 0) is 6.42 Å². The Morgan fingerprint density at radius 3 is 2.82 bits per heavy atom. The molecular weight excluding hydrogens is 226 g/mol. The molecule has 3 nitrogen and oxygen atoms in total. The molecule has 1 aromatic heterocycles. The number of nitrogens with one attached hydrogen (secondary N) is 2.